The van der Waals surface area contributed by atoms with Crippen LogP contribution < -0.4 is 10.6 Å². The number of amides is 1. The molecule has 0 spiro atoms. The molecule has 0 heterocycles. The molecule has 1 unspecified atom stereocenters. The highest BCUT2D eigenvalue weighted by atomic mass is 16.1. The molecular weight excluding hydrogens is 224 g/mol. The Kier molecular flexibility index (Phi) is 4.76. The SMILES string of the molecule is CNCCCNC(=O)C1CCc2ccccc2C1. The summed E-state index contributed by atoms with van der Waals surface area (Å²) in [5.74, 6) is 0.384. The van der Waals surface area contributed by atoms with E-state index in [9.17, 15) is 4.79 Å². The molecule has 1 aliphatic carbocycles. The first-order chi connectivity index (χ1) is 8.81. The molecule has 0 fully saturated rings. The minimum absolute atomic E-state index is 0.162. The average Bonchev–Trinajstić information content (AvgIpc) is 2.43. The maximum absolute atomic E-state index is 12.0. The topological polar surface area (TPSA) is 41.1 Å². The summed E-state index contributed by atoms with van der Waals surface area (Å²) >= 11 is 0. The highest BCUT2D eigenvalue weighted by Crippen LogP contribution is 2.25. The zero-order valence-corrected chi connectivity index (χ0v) is 11.0. The molecule has 98 valence electrons. The van der Waals surface area contributed by atoms with Gasteiger partial charge in [0.1, 0.15) is 0 Å². The lowest BCUT2D eigenvalue weighted by Gasteiger charge is -2.23. The lowest BCUT2D eigenvalue weighted by Crippen LogP contribution is -2.35. The van der Waals surface area contributed by atoms with E-state index in [4.69, 9.17) is 0 Å². The average molecular weight is 246 g/mol. The molecule has 3 nitrogen and oxygen atoms in total. The second-order valence-corrected chi connectivity index (χ2v) is 4.96. The van der Waals surface area contributed by atoms with Crippen LogP contribution in [-0.4, -0.2) is 26.0 Å². The van der Waals surface area contributed by atoms with E-state index < -0.39 is 0 Å². The molecule has 1 aliphatic rings. The fraction of sp³-hybridized carbons (Fsp3) is 0.533. The van der Waals surface area contributed by atoms with Gasteiger partial charge < -0.3 is 10.6 Å². The molecule has 1 aromatic rings. The highest BCUT2D eigenvalue weighted by Gasteiger charge is 2.23. The van der Waals surface area contributed by atoms with Crippen LogP contribution in [0.2, 0.25) is 0 Å². The van der Waals surface area contributed by atoms with Gasteiger partial charge in [-0.05, 0) is 50.4 Å². The number of carbonyl (C=O) groups is 1. The fourth-order valence-electron chi connectivity index (χ4n) is 2.54. The Balaban J connectivity index is 1.83. The van der Waals surface area contributed by atoms with Crippen LogP contribution in [0.15, 0.2) is 24.3 Å². The summed E-state index contributed by atoms with van der Waals surface area (Å²) in [4.78, 5) is 12.0. The van der Waals surface area contributed by atoms with Gasteiger partial charge in [-0.25, -0.2) is 0 Å². The van der Waals surface area contributed by atoms with Crippen molar-refractivity contribution < 1.29 is 4.79 Å². The summed E-state index contributed by atoms with van der Waals surface area (Å²) in [6, 6.07) is 8.47. The molecule has 0 aliphatic heterocycles. The first-order valence-electron chi connectivity index (χ1n) is 6.80. The van der Waals surface area contributed by atoms with Gasteiger partial charge in [0.15, 0.2) is 0 Å². The van der Waals surface area contributed by atoms with E-state index in [1.165, 1.54) is 11.1 Å². The molecule has 2 N–H and O–H groups in total. The van der Waals surface area contributed by atoms with Gasteiger partial charge in [-0.1, -0.05) is 24.3 Å². The van der Waals surface area contributed by atoms with Crippen LogP contribution in [0.25, 0.3) is 0 Å². The number of nitrogens with one attached hydrogen (secondary N) is 2. The zero-order valence-electron chi connectivity index (χ0n) is 11.0. The van der Waals surface area contributed by atoms with E-state index in [0.29, 0.717) is 0 Å². The summed E-state index contributed by atoms with van der Waals surface area (Å²) < 4.78 is 0. The quantitative estimate of drug-likeness (QED) is 0.773. The van der Waals surface area contributed by atoms with Crippen LogP contribution in [0.4, 0.5) is 0 Å². The van der Waals surface area contributed by atoms with Crippen molar-refractivity contribution in [1.29, 1.82) is 0 Å². The number of rotatable bonds is 5. The number of hydrogen-bond acceptors (Lipinski definition) is 2. The summed E-state index contributed by atoms with van der Waals surface area (Å²) in [7, 11) is 1.93. The van der Waals surface area contributed by atoms with Crippen LogP contribution in [0, 0.1) is 5.92 Å². The zero-order chi connectivity index (χ0) is 12.8. The van der Waals surface area contributed by atoms with Gasteiger partial charge in [-0.2, -0.15) is 0 Å². The van der Waals surface area contributed by atoms with Crippen LogP contribution in [0.5, 0.6) is 0 Å². The third-order valence-electron chi connectivity index (χ3n) is 3.62. The van der Waals surface area contributed by atoms with Crippen molar-refractivity contribution in [2.45, 2.75) is 25.7 Å². The van der Waals surface area contributed by atoms with Crippen molar-refractivity contribution in [3.63, 3.8) is 0 Å². The fourth-order valence-corrected chi connectivity index (χ4v) is 2.54. The lowest BCUT2D eigenvalue weighted by molar-refractivity contribution is -0.125. The van der Waals surface area contributed by atoms with Crippen molar-refractivity contribution in [1.82, 2.24) is 10.6 Å². The molecule has 3 heteroatoms. The lowest BCUT2D eigenvalue weighted by atomic mass is 9.83. The molecule has 2 rings (SSSR count). The molecule has 0 saturated carbocycles. The predicted molar refractivity (Wildman–Crippen MR) is 73.5 cm³/mol. The maximum Gasteiger partial charge on any atom is 0.223 e. The van der Waals surface area contributed by atoms with Crippen LogP contribution in [-0.2, 0) is 17.6 Å². The van der Waals surface area contributed by atoms with Gasteiger partial charge in [0.2, 0.25) is 5.91 Å². The van der Waals surface area contributed by atoms with Crippen LogP contribution in [0.3, 0.4) is 0 Å². The molecule has 0 aromatic heterocycles. The normalized spacial score (nSPS) is 18.2. The number of hydrogen-bond donors (Lipinski definition) is 2. The minimum atomic E-state index is 0.162. The summed E-state index contributed by atoms with van der Waals surface area (Å²) in [6.45, 7) is 1.73. The molecule has 0 bridgehead atoms. The molecular formula is C15H22N2O. The first-order valence-corrected chi connectivity index (χ1v) is 6.80. The Hall–Kier alpha value is -1.35. The van der Waals surface area contributed by atoms with Gasteiger partial charge in [0.25, 0.3) is 0 Å². The Bertz CT molecular complexity index is 403. The Morgan fingerprint density at radius 2 is 2.06 bits per heavy atom. The van der Waals surface area contributed by atoms with E-state index >= 15 is 0 Å². The molecule has 18 heavy (non-hydrogen) atoms. The Morgan fingerprint density at radius 3 is 2.83 bits per heavy atom. The third kappa shape index (κ3) is 3.33. The highest BCUT2D eigenvalue weighted by molar-refractivity contribution is 5.79. The molecule has 1 aromatic carbocycles. The van der Waals surface area contributed by atoms with Gasteiger partial charge in [0, 0.05) is 12.5 Å². The van der Waals surface area contributed by atoms with Gasteiger partial charge in [-0.3, -0.25) is 4.79 Å². The number of benzene rings is 1. The van der Waals surface area contributed by atoms with Gasteiger partial charge in [-0.15, -0.1) is 0 Å². The first kappa shape index (κ1) is 13.1. The van der Waals surface area contributed by atoms with Crippen LogP contribution in [0.1, 0.15) is 24.0 Å². The Morgan fingerprint density at radius 1 is 1.28 bits per heavy atom. The predicted octanol–water partition coefficient (Wildman–Crippen LogP) is 1.52. The third-order valence-corrected chi connectivity index (χ3v) is 3.62. The van der Waals surface area contributed by atoms with Crippen molar-refractivity contribution in [2.24, 2.45) is 5.92 Å². The molecule has 1 atom stereocenters. The number of aryl methyl sites for hydroxylation is 1. The molecule has 0 saturated heterocycles. The summed E-state index contributed by atoms with van der Waals surface area (Å²) in [5, 5.41) is 6.12. The summed E-state index contributed by atoms with van der Waals surface area (Å²) in [6.07, 6.45) is 3.90. The van der Waals surface area contributed by atoms with Crippen molar-refractivity contribution in [3.8, 4) is 0 Å². The standard InChI is InChI=1S/C15H22N2O/c1-16-9-4-10-17-15(18)14-8-7-12-5-2-3-6-13(12)11-14/h2-3,5-6,14,16H,4,7-11H2,1H3,(H,17,18). The van der Waals surface area contributed by atoms with Gasteiger partial charge >= 0.3 is 0 Å². The van der Waals surface area contributed by atoms with Crippen molar-refractivity contribution >= 4 is 5.91 Å². The summed E-state index contributed by atoms with van der Waals surface area (Å²) in [5.41, 5.74) is 2.76. The van der Waals surface area contributed by atoms with Crippen molar-refractivity contribution in [2.75, 3.05) is 20.1 Å². The number of carbonyl (C=O) groups excluding carboxylic acids is 1. The van der Waals surface area contributed by atoms with Gasteiger partial charge in [0.05, 0.1) is 0 Å². The monoisotopic (exact) mass is 246 g/mol. The van der Waals surface area contributed by atoms with E-state index in [0.717, 1.165) is 38.8 Å². The molecule has 0 radical (unpaired) electrons. The van der Waals surface area contributed by atoms with Crippen LogP contribution >= 0.6 is 0 Å². The van der Waals surface area contributed by atoms with E-state index in [1.54, 1.807) is 0 Å². The van der Waals surface area contributed by atoms with E-state index in [1.807, 2.05) is 7.05 Å². The second kappa shape index (κ2) is 6.55. The van der Waals surface area contributed by atoms with E-state index in [-0.39, 0.29) is 11.8 Å². The van der Waals surface area contributed by atoms with Crippen molar-refractivity contribution in [3.05, 3.63) is 35.4 Å². The number of fused-ring (bicyclic) bond motifs is 1. The smallest absolute Gasteiger partial charge is 0.223 e. The maximum atomic E-state index is 12.0. The largest absolute Gasteiger partial charge is 0.356 e. The minimum Gasteiger partial charge on any atom is -0.356 e. The molecule has 1 amide bonds. The Labute approximate surface area is 109 Å². The van der Waals surface area contributed by atoms with E-state index in [2.05, 4.69) is 34.9 Å². The second-order valence-electron chi connectivity index (χ2n) is 4.96.